The molecule has 7 heteroatoms. The number of carbonyl (C=O) groups is 1. The minimum atomic E-state index is -0.910. The molecule has 1 aromatic heterocycles. The summed E-state index contributed by atoms with van der Waals surface area (Å²) in [4.78, 5) is 13.8. The van der Waals surface area contributed by atoms with Crippen molar-refractivity contribution in [1.29, 1.82) is 0 Å². The van der Waals surface area contributed by atoms with Crippen molar-refractivity contribution in [2.24, 2.45) is 0 Å². The van der Waals surface area contributed by atoms with Gasteiger partial charge in [0.15, 0.2) is 11.6 Å². The van der Waals surface area contributed by atoms with Crippen molar-refractivity contribution in [2.75, 3.05) is 13.1 Å². The van der Waals surface area contributed by atoms with Crippen molar-refractivity contribution in [3.63, 3.8) is 0 Å². The van der Waals surface area contributed by atoms with E-state index in [1.54, 1.807) is 11.0 Å². The van der Waals surface area contributed by atoms with Crippen molar-refractivity contribution in [3.8, 4) is 0 Å². The van der Waals surface area contributed by atoms with Crippen LogP contribution in [0.2, 0.25) is 0 Å². The molecule has 0 aliphatic rings. The monoisotopic (exact) mass is 311 g/mol. The SMILES string of the molecule is CCN(CC)C(=O)n1ccc(Sc2cccc(F)c2F)n1. The molecule has 0 atom stereocenters. The third-order valence-corrected chi connectivity index (χ3v) is 3.89. The summed E-state index contributed by atoms with van der Waals surface area (Å²) < 4.78 is 27.9. The molecule has 21 heavy (non-hydrogen) atoms. The lowest BCUT2D eigenvalue weighted by Gasteiger charge is -2.17. The summed E-state index contributed by atoms with van der Waals surface area (Å²) in [5.74, 6) is -1.81. The molecule has 0 fully saturated rings. The topological polar surface area (TPSA) is 38.1 Å². The van der Waals surface area contributed by atoms with Crippen LogP contribution in [-0.2, 0) is 0 Å². The third kappa shape index (κ3) is 3.41. The van der Waals surface area contributed by atoms with Crippen molar-refractivity contribution in [3.05, 3.63) is 42.1 Å². The van der Waals surface area contributed by atoms with Crippen LogP contribution in [0, 0.1) is 11.6 Å². The molecule has 0 saturated heterocycles. The van der Waals surface area contributed by atoms with Gasteiger partial charge in [0.05, 0.1) is 4.90 Å². The van der Waals surface area contributed by atoms with Crippen molar-refractivity contribution in [1.82, 2.24) is 14.7 Å². The van der Waals surface area contributed by atoms with Crippen LogP contribution in [0.3, 0.4) is 0 Å². The van der Waals surface area contributed by atoms with Crippen LogP contribution in [0.25, 0.3) is 0 Å². The average Bonchev–Trinajstić information content (AvgIpc) is 2.93. The second-order valence-electron chi connectivity index (χ2n) is 4.21. The fraction of sp³-hybridized carbons (Fsp3) is 0.286. The van der Waals surface area contributed by atoms with Gasteiger partial charge in [-0.1, -0.05) is 17.8 Å². The van der Waals surface area contributed by atoms with Crippen LogP contribution < -0.4 is 0 Å². The van der Waals surface area contributed by atoms with Gasteiger partial charge in [0.1, 0.15) is 5.03 Å². The lowest BCUT2D eigenvalue weighted by atomic mass is 10.3. The van der Waals surface area contributed by atoms with Gasteiger partial charge in [0, 0.05) is 19.3 Å². The van der Waals surface area contributed by atoms with Gasteiger partial charge in [-0.15, -0.1) is 0 Å². The first-order valence-corrected chi connectivity index (χ1v) is 7.35. The summed E-state index contributed by atoms with van der Waals surface area (Å²) >= 11 is 0.976. The largest absolute Gasteiger partial charge is 0.344 e. The number of nitrogens with zero attached hydrogens (tertiary/aromatic N) is 3. The van der Waals surface area contributed by atoms with Crippen LogP contribution in [0.4, 0.5) is 13.6 Å². The Morgan fingerprint density at radius 3 is 2.67 bits per heavy atom. The summed E-state index contributed by atoms with van der Waals surface area (Å²) in [6, 6.07) is 5.30. The van der Waals surface area contributed by atoms with Crippen LogP contribution in [0.1, 0.15) is 13.8 Å². The van der Waals surface area contributed by atoms with Gasteiger partial charge in [-0.2, -0.15) is 9.78 Å². The summed E-state index contributed by atoms with van der Waals surface area (Å²) in [6.07, 6.45) is 1.51. The second-order valence-corrected chi connectivity index (χ2v) is 5.27. The Kier molecular flexibility index (Phi) is 4.95. The van der Waals surface area contributed by atoms with Gasteiger partial charge in [-0.05, 0) is 32.0 Å². The molecule has 0 unspecified atom stereocenters. The molecule has 0 spiro atoms. The highest BCUT2D eigenvalue weighted by Crippen LogP contribution is 2.29. The first kappa shape index (κ1) is 15.5. The van der Waals surface area contributed by atoms with E-state index in [1.165, 1.54) is 23.0 Å². The van der Waals surface area contributed by atoms with Gasteiger partial charge >= 0.3 is 6.03 Å². The van der Waals surface area contributed by atoms with Gasteiger partial charge in [-0.3, -0.25) is 0 Å². The molecule has 0 bridgehead atoms. The zero-order valence-corrected chi connectivity index (χ0v) is 12.5. The first-order valence-electron chi connectivity index (χ1n) is 6.53. The lowest BCUT2D eigenvalue weighted by molar-refractivity contribution is 0.201. The highest BCUT2D eigenvalue weighted by molar-refractivity contribution is 7.99. The Labute approximate surface area is 125 Å². The van der Waals surface area contributed by atoms with E-state index in [-0.39, 0.29) is 10.9 Å². The van der Waals surface area contributed by atoms with Crippen LogP contribution in [0.5, 0.6) is 0 Å². The number of hydrogen-bond donors (Lipinski definition) is 0. The minimum Gasteiger partial charge on any atom is -0.323 e. The molecule has 0 saturated carbocycles. The molecular formula is C14H15F2N3OS. The summed E-state index contributed by atoms with van der Waals surface area (Å²) in [5.41, 5.74) is 0. The van der Waals surface area contributed by atoms with Crippen molar-refractivity contribution < 1.29 is 13.6 Å². The second kappa shape index (κ2) is 6.71. The molecule has 0 aliphatic heterocycles. The van der Waals surface area contributed by atoms with Gasteiger partial charge in [-0.25, -0.2) is 13.6 Å². The molecule has 0 aliphatic carbocycles. The number of amides is 1. The zero-order valence-electron chi connectivity index (χ0n) is 11.7. The first-order chi connectivity index (χ1) is 10.1. The highest BCUT2D eigenvalue weighted by Gasteiger charge is 2.15. The Bertz CT molecular complexity index is 641. The van der Waals surface area contributed by atoms with E-state index in [0.29, 0.717) is 18.1 Å². The van der Waals surface area contributed by atoms with E-state index in [9.17, 15) is 13.6 Å². The van der Waals surface area contributed by atoms with Gasteiger partial charge in [0.25, 0.3) is 0 Å². The normalized spacial score (nSPS) is 10.7. The Morgan fingerprint density at radius 1 is 1.29 bits per heavy atom. The Hall–Kier alpha value is -1.89. The number of benzene rings is 1. The molecular weight excluding hydrogens is 296 g/mol. The van der Waals surface area contributed by atoms with Crippen LogP contribution in [-0.4, -0.2) is 33.8 Å². The van der Waals surface area contributed by atoms with Crippen LogP contribution >= 0.6 is 11.8 Å². The summed E-state index contributed by atoms with van der Waals surface area (Å²) in [5, 5.41) is 4.52. The predicted molar refractivity (Wildman–Crippen MR) is 76.4 cm³/mol. The number of rotatable bonds is 4. The smallest absolute Gasteiger partial charge is 0.323 e. The number of hydrogen-bond acceptors (Lipinski definition) is 3. The molecule has 1 heterocycles. The van der Waals surface area contributed by atoms with Crippen molar-refractivity contribution >= 4 is 17.8 Å². The molecule has 112 valence electrons. The molecule has 1 aromatic carbocycles. The Balaban J connectivity index is 2.17. The molecule has 0 radical (unpaired) electrons. The quantitative estimate of drug-likeness (QED) is 0.865. The maximum absolute atomic E-state index is 13.6. The predicted octanol–water partition coefficient (Wildman–Crippen LogP) is 3.62. The summed E-state index contributed by atoms with van der Waals surface area (Å²) in [7, 11) is 0. The fourth-order valence-electron chi connectivity index (χ4n) is 1.78. The molecule has 1 amide bonds. The molecule has 4 nitrogen and oxygen atoms in total. The van der Waals surface area contributed by atoms with E-state index in [4.69, 9.17) is 0 Å². The minimum absolute atomic E-state index is 0.135. The number of aromatic nitrogens is 2. The molecule has 2 rings (SSSR count). The average molecular weight is 311 g/mol. The lowest BCUT2D eigenvalue weighted by Crippen LogP contribution is -2.34. The fourth-order valence-corrected chi connectivity index (χ4v) is 2.60. The molecule has 2 aromatic rings. The Morgan fingerprint density at radius 2 is 2.00 bits per heavy atom. The maximum Gasteiger partial charge on any atom is 0.344 e. The van der Waals surface area contributed by atoms with E-state index in [0.717, 1.165) is 17.8 Å². The van der Waals surface area contributed by atoms with Gasteiger partial charge < -0.3 is 4.90 Å². The van der Waals surface area contributed by atoms with Crippen LogP contribution in [0.15, 0.2) is 40.4 Å². The maximum atomic E-state index is 13.6. The summed E-state index contributed by atoms with van der Waals surface area (Å²) in [6.45, 7) is 4.91. The third-order valence-electron chi connectivity index (χ3n) is 2.93. The number of carbonyl (C=O) groups excluding carboxylic acids is 1. The molecule has 0 N–H and O–H groups in total. The van der Waals surface area contributed by atoms with E-state index in [1.807, 2.05) is 13.8 Å². The van der Waals surface area contributed by atoms with E-state index in [2.05, 4.69) is 5.10 Å². The van der Waals surface area contributed by atoms with E-state index < -0.39 is 11.6 Å². The van der Waals surface area contributed by atoms with E-state index >= 15 is 0 Å². The van der Waals surface area contributed by atoms with Gasteiger partial charge in [0.2, 0.25) is 0 Å². The standard InChI is InChI=1S/C14H15F2N3OS/c1-3-18(4-2)14(20)19-9-8-12(17-19)21-11-7-5-6-10(15)13(11)16/h5-9H,3-4H2,1-2H3. The number of halogens is 2. The highest BCUT2D eigenvalue weighted by atomic mass is 32.2. The zero-order chi connectivity index (χ0) is 15.4. The van der Waals surface area contributed by atoms with Crippen molar-refractivity contribution in [2.45, 2.75) is 23.8 Å².